The fourth-order valence-electron chi connectivity index (χ4n) is 3.03. The van der Waals surface area contributed by atoms with Gasteiger partial charge >= 0.3 is 0 Å². The maximum absolute atomic E-state index is 12.6. The molecule has 25 heavy (non-hydrogen) atoms. The number of amides is 1. The summed E-state index contributed by atoms with van der Waals surface area (Å²) in [7, 11) is -3.47. The molecule has 2 heterocycles. The van der Waals surface area contributed by atoms with Crippen molar-refractivity contribution in [2.75, 3.05) is 52.5 Å². The van der Waals surface area contributed by atoms with Crippen molar-refractivity contribution in [3.63, 3.8) is 0 Å². The largest absolute Gasteiger partial charge is 0.379 e. The monoisotopic (exact) mass is 387 g/mol. The van der Waals surface area contributed by atoms with Gasteiger partial charge in [0.2, 0.25) is 5.91 Å². The first-order valence-corrected chi connectivity index (χ1v) is 10.1. The molecule has 0 saturated carbocycles. The van der Waals surface area contributed by atoms with Crippen LogP contribution in [-0.2, 0) is 26.2 Å². The highest BCUT2D eigenvalue weighted by Gasteiger charge is 2.34. The molecule has 0 unspecified atom stereocenters. The molecule has 0 atom stereocenters. The van der Waals surface area contributed by atoms with Gasteiger partial charge in [0.15, 0.2) is 0 Å². The summed E-state index contributed by atoms with van der Waals surface area (Å²) in [6.07, 6.45) is 0.232. The summed E-state index contributed by atoms with van der Waals surface area (Å²) in [5, 5.41) is 0.574. The minimum absolute atomic E-state index is 0.0310. The van der Waals surface area contributed by atoms with Crippen molar-refractivity contribution in [2.24, 2.45) is 0 Å². The van der Waals surface area contributed by atoms with Gasteiger partial charge < -0.3 is 9.64 Å². The first kappa shape index (κ1) is 18.6. The molecule has 0 aliphatic carbocycles. The number of carbonyl (C=O) groups excluding carboxylic acids is 1. The highest BCUT2D eigenvalue weighted by molar-refractivity contribution is 7.86. The standard InChI is InChI=1S/C16H22ClN3O4S/c17-15-4-2-1-3-14(15)13-16(21)18-5-7-19(8-6-18)25(22,23)20-9-11-24-12-10-20/h1-4H,5-13H2. The second kappa shape index (κ2) is 8.01. The van der Waals surface area contributed by atoms with Gasteiger partial charge in [-0.15, -0.1) is 0 Å². The van der Waals surface area contributed by atoms with Crippen molar-refractivity contribution in [1.82, 2.24) is 13.5 Å². The Morgan fingerprint density at radius 3 is 2.24 bits per heavy atom. The van der Waals surface area contributed by atoms with Crippen LogP contribution in [0.15, 0.2) is 24.3 Å². The van der Waals surface area contributed by atoms with Gasteiger partial charge in [-0.05, 0) is 11.6 Å². The third kappa shape index (κ3) is 4.32. The number of benzene rings is 1. The second-order valence-electron chi connectivity index (χ2n) is 6.07. The molecule has 0 spiro atoms. The van der Waals surface area contributed by atoms with E-state index in [1.807, 2.05) is 18.2 Å². The number of nitrogens with zero attached hydrogens (tertiary/aromatic N) is 3. The number of hydrogen-bond donors (Lipinski definition) is 0. The summed E-state index contributed by atoms with van der Waals surface area (Å²) in [6, 6.07) is 7.27. The summed E-state index contributed by atoms with van der Waals surface area (Å²) in [5.74, 6) is -0.0310. The zero-order valence-corrected chi connectivity index (χ0v) is 15.5. The van der Waals surface area contributed by atoms with Crippen LogP contribution in [0.2, 0.25) is 5.02 Å². The van der Waals surface area contributed by atoms with E-state index in [9.17, 15) is 13.2 Å². The number of ether oxygens (including phenoxy) is 1. The lowest BCUT2D eigenvalue weighted by atomic mass is 10.1. The summed E-state index contributed by atoms with van der Waals surface area (Å²) in [4.78, 5) is 14.2. The predicted octanol–water partition coefficient (Wildman–Crippen LogP) is 0.604. The summed E-state index contributed by atoms with van der Waals surface area (Å²) < 4.78 is 33.4. The molecule has 0 radical (unpaired) electrons. The Bertz CT molecular complexity index is 714. The van der Waals surface area contributed by atoms with Gasteiger partial charge in [-0.1, -0.05) is 29.8 Å². The Labute approximate surface area is 153 Å². The Morgan fingerprint density at radius 1 is 1.00 bits per heavy atom. The van der Waals surface area contributed by atoms with E-state index < -0.39 is 10.2 Å². The zero-order valence-electron chi connectivity index (χ0n) is 13.9. The van der Waals surface area contributed by atoms with Gasteiger partial charge in [-0.2, -0.15) is 17.0 Å². The molecule has 138 valence electrons. The molecule has 0 N–H and O–H groups in total. The van der Waals surface area contributed by atoms with Crippen LogP contribution in [0.3, 0.4) is 0 Å². The number of morpholine rings is 1. The van der Waals surface area contributed by atoms with Crippen LogP contribution in [0, 0.1) is 0 Å². The average molecular weight is 388 g/mol. The van der Waals surface area contributed by atoms with Crippen LogP contribution in [0.25, 0.3) is 0 Å². The number of halogens is 1. The molecule has 1 aromatic carbocycles. The van der Waals surface area contributed by atoms with E-state index >= 15 is 0 Å². The normalized spacial score (nSPS) is 20.6. The molecule has 2 saturated heterocycles. The van der Waals surface area contributed by atoms with Crippen LogP contribution in [-0.4, -0.2) is 80.3 Å². The Hall–Kier alpha value is -1.19. The number of piperazine rings is 1. The van der Waals surface area contributed by atoms with Gasteiger partial charge in [0.1, 0.15) is 0 Å². The highest BCUT2D eigenvalue weighted by Crippen LogP contribution is 2.18. The summed E-state index contributed by atoms with van der Waals surface area (Å²) >= 11 is 6.10. The van der Waals surface area contributed by atoms with E-state index in [4.69, 9.17) is 16.3 Å². The summed E-state index contributed by atoms with van der Waals surface area (Å²) in [6.45, 7) is 3.04. The van der Waals surface area contributed by atoms with Gasteiger partial charge in [0.25, 0.3) is 10.2 Å². The average Bonchev–Trinajstić information content (AvgIpc) is 2.64. The van der Waals surface area contributed by atoms with Crippen molar-refractivity contribution < 1.29 is 17.9 Å². The van der Waals surface area contributed by atoms with E-state index in [0.29, 0.717) is 57.5 Å². The fraction of sp³-hybridized carbons (Fsp3) is 0.562. The molecule has 2 aliphatic heterocycles. The minimum atomic E-state index is -3.47. The van der Waals surface area contributed by atoms with Crippen LogP contribution < -0.4 is 0 Å². The van der Waals surface area contributed by atoms with Crippen molar-refractivity contribution in [3.05, 3.63) is 34.9 Å². The SMILES string of the molecule is O=C(Cc1ccccc1Cl)N1CCN(S(=O)(=O)N2CCOCC2)CC1. The number of carbonyl (C=O) groups is 1. The van der Waals surface area contributed by atoms with E-state index in [0.717, 1.165) is 5.56 Å². The topological polar surface area (TPSA) is 70.2 Å². The molecule has 2 aliphatic rings. The van der Waals surface area contributed by atoms with Gasteiger partial charge in [0, 0.05) is 44.3 Å². The maximum Gasteiger partial charge on any atom is 0.282 e. The van der Waals surface area contributed by atoms with Gasteiger partial charge in [-0.3, -0.25) is 4.79 Å². The Morgan fingerprint density at radius 2 is 1.60 bits per heavy atom. The smallest absolute Gasteiger partial charge is 0.282 e. The molecule has 9 heteroatoms. The van der Waals surface area contributed by atoms with Crippen LogP contribution in [0.4, 0.5) is 0 Å². The highest BCUT2D eigenvalue weighted by atomic mass is 35.5. The lowest BCUT2D eigenvalue weighted by Gasteiger charge is -2.37. The van der Waals surface area contributed by atoms with E-state index in [-0.39, 0.29) is 12.3 Å². The zero-order chi connectivity index (χ0) is 17.9. The molecule has 1 aromatic rings. The molecule has 2 fully saturated rings. The molecule has 7 nitrogen and oxygen atoms in total. The quantitative estimate of drug-likeness (QED) is 0.758. The molecule has 0 bridgehead atoms. The first-order valence-electron chi connectivity index (χ1n) is 8.32. The van der Waals surface area contributed by atoms with Crippen molar-refractivity contribution in [3.8, 4) is 0 Å². The molecular weight excluding hydrogens is 366 g/mol. The number of rotatable bonds is 4. The van der Waals surface area contributed by atoms with E-state index in [1.165, 1.54) is 8.61 Å². The predicted molar refractivity (Wildman–Crippen MR) is 94.6 cm³/mol. The first-order chi connectivity index (χ1) is 12.0. The fourth-order valence-corrected chi connectivity index (χ4v) is 4.79. The van der Waals surface area contributed by atoms with Crippen LogP contribution in [0.5, 0.6) is 0 Å². The minimum Gasteiger partial charge on any atom is -0.379 e. The van der Waals surface area contributed by atoms with Crippen molar-refractivity contribution in [1.29, 1.82) is 0 Å². The van der Waals surface area contributed by atoms with Crippen molar-refractivity contribution >= 4 is 27.7 Å². The molecular formula is C16H22ClN3O4S. The lowest BCUT2D eigenvalue weighted by Crippen LogP contribution is -2.56. The molecule has 1 amide bonds. The van der Waals surface area contributed by atoms with E-state index in [1.54, 1.807) is 11.0 Å². The van der Waals surface area contributed by atoms with Gasteiger partial charge in [0.05, 0.1) is 19.6 Å². The van der Waals surface area contributed by atoms with Gasteiger partial charge in [-0.25, -0.2) is 0 Å². The Kier molecular flexibility index (Phi) is 5.96. The van der Waals surface area contributed by atoms with E-state index in [2.05, 4.69) is 0 Å². The maximum atomic E-state index is 12.6. The van der Waals surface area contributed by atoms with Crippen LogP contribution >= 0.6 is 11.6 Å². The second-order valence-corrected chi connectivity index (χ2v) is 8.40. The van der Waals surface area contributed by atoms with Crippen LogP contribution in [0.1, 0.15) is 5.56 Å². The molecule has 3 rings (SSSR count). The number of hydrogen-bond acceptors (Lipinski definition) is 4. The lowest BCUT2D eigenvalue weighted by molar-refractivity contribution is -0.131. The summed E-state index contributed by atoms with van der Waals surface area (Å²) in [5.41, 5.74) is 0.789. The Balaban J connectivity index is 1.56. The third-order valence-corrected chi connectivity index (χ3v) is 6.92. The van der Waals surface area contributed by atoms with Crippen molar-refractivity contribution in [2.45, 2.75) is 6.42 Å². The third-order valence-electron chi connectivity index (χ3n) is 4.51. The molecule has 0 aromatic heterocycles.